The van der Waals surface area contributed by atoms with Crippen molar-refractivity contribution in [3.63, 3.8) is 0 Å². The van der Waals surface area contributed by atoms with Gasteiger partial charge in [-0.15, -0.1) is 0 Å². The molecule has 0 unspecified atom stereocenters. The summed E-state index contributed by atoms with van der Waals surface area (Å²) in [5, 5.41) is 43.4. The first kappa shape index (κ1) is 26.3. The van der Waals surface area contributed by atoms with Crippen molar-refractivity contribution in [1.29, 1.82) is 0 Å². The molecule has 0 saturated carbocycles. The molecule has 12 heteroatoms. The van der Waals surface area contributed by atoms with Gasteiger partial charge >= 0.3 is 11.4 Å². The molecule has 4 N–H and O–H groups in total. The molecular formula is C32H20N6O6. The van der Waals surface area contributed by atoms with E-state index in [2.05, 4.69) is 9.97 Å². The van der Waals surface area contributed by atoms with Crippen molar-refractivity contribution in [3.05, 3.63) is 116 Å². The number of aromatic amines is 2. The highest BCUT2D eigenvalue weighted by Gasteiger charge is 2.19. The number of nitrogens with one attached hydrogen (secondary N) is 2. The lowest BCUT2D eigenvalue weighted by Crippen LogP contribution is -1.92. The quantitative estimate of drug-likeness (QED) is 0.123. The number of phenols is 2. The van der Waals surface area contributed by atoms with Gasteiger partial charge in [-0.1, -0.05) is 0 Å². The van der Waals surface area contributed by atoms with Crippen molar-refractivity contribution >= 4 is 57.7 Å². The van der Waals surface area contributed by atoms with E-state index in [4.69, 9.17) is 9.97 Å². The first-order valence-corrected chi connectivity index (χ1v) is 13.3. The summed E-state index contributed by atoms with van der Waals surface area (Å²) in [7, 11) is 0. The van der Waals surface area contributed by atoms with E-state index in [1.165, 1.54) is 24.3 Å². The first-order chi connectivity index (χ1) is 21.2. The Bertz CT molecular complexity index is 2190. The second-order valence-electron chi connectivity index (χ2n) is 10.1. The minimum Gasteiger partial charge on any atom is -0.502 e. The molecule has 5 aromatic rings. The predicted molar refractivity (Wildman–Crippen MR) is 166 cm³/mol. The van der Waals surface area contributed by atoms with Crippen LogP contribution in [0.5, 0.6) is 11.5 Å². The standard InChI is InChI=1S/C32H20N6O6/c39-29-13-17(1-11-27(29)37(41)42)31-23-7-3-19(33-23)15-21-5-9-25(35-21)32(18-2-12-28(38(43)44)30(40)14-18)26-10-6-22(36-26)16-20-4-8-24(31)34-20/h1-16,33-34,39-40H. The third-order valence-electron chi connectivity index (χ3n) is 7.32. The van der Waals surface area contributed by atoms with Crippen molar-refractivity contribution < 1.29 is 20.1 Å². The fraction of sp³-hybridized carbons (Fsp3) is 0. The molecule has 2 aromatic carbocycles. The first-order valence-electron chi connectivity index (χ1n) is 13.3. The molecule has 0 amide bonds. The van der Waals surface area contributed by atoms with Crippen LogP contribution in [0.2, 0.25) is 0 Å². The van der Waals surface area contributed by atoms with Crippen molar-refractivity contribution in [3.8, 4) is 33.8 Å². The average Bonchev–Trinajstić information content (AvgIpc) is 3.79. The van der Waals surface area contributed by atoms with E-state index in [0.29, 0.717) is 56.1 Å². The minimum absolute atomic E-state index is 0.389. The number of hydrogen-bond donors (Lipinski definition) is 4. The van der Waals surface area contributed by atoms with Crippen LogP contribution in [0.4, 0.5) is 11.4 Å². The number of fused-ring (bicyclic) bond motifs is 8. The van der Waals surface area contributed by atoms with Crippen LogP contribution in [0.1, 0.15) is 22.8 Å². The number of H-pyrrole nitrogens is 2. The third kappa shape index (κ3) is 4.61. The van der Waals surface area contributed by atoms with E-state index in [-0.39, 0.29) is 5.69 Å². The molecular weight excluding hydrogens is 564 g/mol. The van der Waals surface area contributed by atoms with Gasteiger partial charge in [0.2, 0.25) is 0 Å². The number of benzene rings is 2. The second kappa shape index (κ2) is 10.1. The van der Waals surface area contributed by atoms with Crippen LogP contribution in [0, 0.1) is 20.2 Å². The van der Waals surface area contributed by atoms with Gasteiger partial charge in [0.1, 0.15) is 0 Å². The smallest absolute Gasteiger partial charge is 0.310 e. The SMILES string of the molecule is O=[N+]([O-])c1ccc(-c2c3nc(cc4ccc([nH]4)c(-c4ccc([N+](=O)[O-])c(O)c4)c4ccc(cc5nc2C=C5)[nH]4)C=C3)cc1O. The minimum atomic E-state index is -0.646. The zero-order chi connectivity index (χ0) is 30.5. The summed E-state index contributed by atoms with van der Waals surface area (Å²) in [5.41, 5.74) is 6.76. The maximum atomic E-state index is 11.3. The van der Waals surface area contributed by atoms with Crippen LogP contribution in [-0.4, -0.2) is 40.0 Å². The number of nitro groups is 2. The fourth-order valence-electron chi connectivity index (χ4n) is 5.35. The number of aromatic hydroxyl groups is 2. The highest BCUT2D eigenvalue weighted by atomic mass is 16.6. The average molecular weight is 585 g/mol. The number of phenolic OH excluding ortho intramolecular Hbond substituents is 2. The van der Waals surface area contributed by atoms with Gasteiger partial charge in [-0.2, -0.15) is 0 Å². The largest absolute Gasteiger partial charge is 0.502 e. The van der Waals surface area contributed by atoms with Crippen LogP contribution in [0.15, 0.2) is 72.8 Å². The molecule has 0 radical (unpaired) electrons. The summed E-state index contributed by atoms with van der Waals surface area (Å²) in [6.45, 7) is 0. The maximum absolute atomic E-state index is 11.3. The van der Waals surface area contributed by atoms with E-state index in [0.717, 1.165) is 11.0 Å². The summed E-state index contributed by atoms with van der Waals surface area (Å²) in [6, 6.07) is 19.5. The van der Waals surface area contributed by atoms with Crippen molar-refractivity contribution in [2.45, 2.75) is 0 Å². The summed E-state index contributed by atoms with van der Waals surface area (Å²) < 4.78 is 0. The molecule has 8 bridgehead atoms. The van der Waals surface area contributed by atoms with Gasteiger partial charge in [-0.25, -0.2) is 9.97 Å². The predicted octanol–water partition coefficient (Wildman–Crippen LogP) is 7.22. The Morgan fingerprint density at radius 1 is 0.568 bits per heavy atom. The molecule has 0 atom stereocenters. The van der Waals surface area contributed by atoms with E-state index in [1.807, 2.05) is 60.7 Å². The normalized spacial score (nSPS) is 12.0. The molecule has 5 heterocycles. The Morgan fingerprint density at radius 3 is 1.45 bits per heavy atom. The Hall–Kier alpha value is -6.56. The van der Waals surface area contributed by atoms with E-state index >= 15 is 0 Å². The molecule has 7 rings (SSSR count). The van der Waals surface area contributed by atoms with E-state index < -0.39 is 27.0 Å². The molecule has 12 nitrogen and oxygen atoms in total. The lowest BCUT2D eigenvalue weighted by Gasteiger charge is -2.06. The van der Waals surface area contributed by atoms with Gasteiger partial charge in [0.05, 0.1) is 32.6 Å². The number of aromatic nitrogens is 4. The number of nitrogens with zero attached hydrogens (tertiary/aromatic N) is 4. The Morgan fingerprint density at radius 2 is 1.02 bits per heavy atom. The molecule has 214 valence electrons. The molecule has 0 aliphatic carbocycles. The Labute approximate surface area is 247 Å². The summed E-state index contributed by atoms with van der Waals surface area (Å²) in [4.78, 5) is 37.6. The summed E-state index contributed by atoms with van der Waals surface area (Å²) >= 11 is 0. The van der Waals surface area contributed by atoms with Crippen LogP contribution in [-0.2, 0) is 0 Å². The van der Waals surface area contributed by atoms with Gasteiger partial charge in [0.25, 0.3) is 0 Å². The number of rotatable bonds is 4. The topological polar surface area (TPSA) is 184 Å². The van der Waals surface area contributed by atoms with Crippen LogP contribution >= 0.6 is 0 Å². The van der Waals surface area contributed by atoms with Gasteiger partial charge in [0, 0.05) is 45.3 Å². The van der Waals surface area contributed by atoms with Gasteiger partial charge in [-0.3, -0.25) is 20.2 Å². The monoisotopic (exact) mass is 584 g/mol. The highest BCUT2D eigenvalue weighted by Crippen LogP contribution is 2.37. The van der Waals surface area contributed by atoms with Crippen molar-refractivity contribution in [2.75, 3.05) is 0 Å². The number of nitro benzene ring substituents is 2. The van der Waals surface area contributed by atoms with Crippen molar-refractivity contribution in [1.82, 2.24) is 19.9 Å². The molecule has 0 fully saturated rings. The highest BCUT2D eigenvalue weighted by molar-refractivity contribution is 5.95. The molecule has 2 aliphatic rings. The van der Waals surface area contributed by atoms with Crippen LogP contribution < -0.4 is 0 Å². The fourth-order valence-corrected chi connectivity index (χ4v) is 5.35. The Kier molecular flexibility index (Phi) is 6.03. The molecule has 3 aromatic heterocycles. The Balaban J connectivity index is 1.51. The summed E-state index contributed by atoms with van der Waals surface area (Å²) in [5.74, 6) is -0.908. The molecule has 0 saturated heterocycles. The van der Waals surface area contributed by atoms with Crippen LogP contribution in [0.25, 0.3) is 68.6 Å². The maximum Gasteiger partial charge on any atom is 0.310 e. The van der Waals surface area contributed by atoms with Crippen LogP contribution in [0.3, 0.4) is 0 Å². The lowest BCUT2D eigenvalue weighted by molar-refractivity contribution is -0.386. The van der Waals surface area contributed by atoms with E-state index in [9.17, 15) is 30.4 Å². The molecule has 2 aliphatic heterocycles. The van der Waals surface area contributed by atoms with Crippen molar-refractivity contribution in [2.24, 2.45) is 0 Å². The number of hydrogen-bond acceptors (Lipinski definition) is 8. The summed E-state index contributed by atoms with van der Waals surface area (Å²) in [6.07, 6.45) is 7.28. The molecule has 44 heavy (non-hydrogen) atoms. The zero-order valence-electron chi connectivity index (χ0n) is 22.6. The second-order valence-corrected chi connectivity index (χ2v) is 10.1. The van der Waals surface area contributed by atoms with Gasteiger partial charge in [-0.05, 0) is 96.1 Å². The molecule has 0 spiro atoms. The van der Waals surface area contributed by atoms with Gasteiger partial charge in [0.15, 0.2) is 11.5 Å². The van der Waals surface area contributed by atoms with Gasteiger partial charge < -0.3 is 20.2 Å². The van der Waals surface area contributed by atoms with E-state index in [1.54, 1.807) is 12.1 Å². The lowest BCUT2D eigenvalue weighted by atomic mass is 10.0. The third-order valence-corrected chi connectivity index (χ3v) is 7.32. The zero-order valence-corrected chi connectivity index (χ0v) is 22.6.